The van der Waals surface area contributed by atoms with Crippen molar-refractivity contribution in [1.29, 1.82) is 0 Å². The highest BCUT2D eigenvalue weighted by atomic mass is 19.1. The number of aromatic hydroxyl groups is 1. The van der Waals surface area contributed by atoms with E-state index >= 15 is 0 Å². The Kier molecular flexibility index (Phi) is 6.77. The Morgan fingerprint density at radius 2 is 1.95 bits per heavy atom. The second kappa shape index (κ2) is 8.09. The zero-order chi connectivity index (χ0) is 14.3. The van der Waals surface area contributed by atoms with Gasteiger partial charge in [0.2, 0.25) is 0 Å². The van der Waals surface area contributed by atoms with Gasteiger partial charge in [-0.1, -0.05) is 13.8 Å². The van der Waals surface area contributed by atoms with Gasteiger partial charge in [-0.05, 0) is 30.8 Å². The summed E-state index contributed by atoms with van der Waals surface area (Å²) >= 11 is 0. The second-order valence-corrected chi connectivity index (χ2v) is 4.46. The van der Waals surface area contributed by atoms with E-state index in [0.29, 0.717) is 12.1 Å². The number of hydrogen-bond acceptors (Lipinski definition) is 4. The van der Waals surface area contributed by atoms with Gasteiger partial charge in [-0.3, -0.25) is 0 Å². The highest BCUT2D eigenvalue weighted by molar-refractivity contribution is 5.30. The van der Waals surface area contributed by atoms with Gasteiger partial charge in [-0.15, -0.1) is 0 Å². The molecule has 1 aromatic rings. The summed E-state index contributed by atoms with van der Waals surface area (Å²) < 4.78 is 13.2. The lowest BCUT2D eigenvalue weighted by Gasteiger charge is -2.21. The minimum absolute atomic E-state index is 0.126. The number of rotatable bonds is 8. The first-order valence-electron chi connectivity index (χ1n) is 6.66. The molecule has 0 radical (unpaired) electrons. The first kappa shape index (κ1) is 15.9. The molecule has 1 unspecified atom stereocenters. The lowest BCUT2D eigenvalue weighted by atomic mass is 10.1. The van der Waals surface area contributed by atoms with Crippen molar-refractivity contribution >= 4 is 0 Å². The molecular formula is C14H23FN2O2. The monoisotopic (exact) mass is 270 g/mol. The number of benzene rings is 1. The molecule has 1 atom stereocenters. The quantitative estimate of drug-likeness (QED) is 0.670. The molecule has 19 heavy (non-hydrogen) atoms. The molecule has 0 aromatic heterocycles. The van der Waals surface area contributed by atoms with Crippen molar-refractivity contribution in [3.05, 3.63) is 29.6 Å². The van der Waals surface area contributed by atoms with Crippen molar-refractivity contribution in [3.63, 3.8) is 0 Å². The Labute approximate surface area is 113 Å². The molecule has 0 aliphatic rings. The summed E-state index contributed by atoms with van der Waals surface area (Å²) in [7, 11) is 0. The number of likely N-dealkylation sites (N-methyl/N-ethyl adjacent to an activating group) is 1. The van der Waals surface area contributed by atoms with Crippen molar-refractivity contribution in [2.24, 2.45) is 0 Å². The van der Waals surface area contributed by atoms with Crippen molar-refractivity contribution in [3.8, 4) is 5.75 Å². The van der Waals surface area contributed by atoms with Crippen molar-refractivity contribution in [1.82, 2.24) is 10.2 Å². The maximum absolute atomic E-state index is 13.2. The molecule has 4 nitrogen and oxygen atoms in total. The van der Waals surface area contributed by atoms with Crippen LogP contribution in [0.5, 0.6) is 5.75 Å². The van der Waals surface area contributed by atoms with E-state index in [2.05, 4.69) is 24.1 Å². The van der Waals surface area contributed by atoms with E-state index in [9.17, 15) is 14.6 Å². The third kappa shape index (κ3) is 5.14. The lowest BCUT2D eigenvalue weighted by molar-refractivity contribution is 0.233. The van der Waals surface area contributed by atoms with Crippen LogP contribution in [-0.4, -0.2) is 47.9 Å². The molecule has 0 fully saturated rings. The lowest BCUT2D eigenvalue weighted by Crippen LogP contribution is -2.34. The number of halogens is 1. The molecule has 108 valence electrons. The van der Waals surface area contributed by atoms with Crippen molar-refractivity contribution in [2.45, 2.75) is 19.9 Å². The molecule has 0 aliphatic heterocycles. The number of aliphatic hydroxyl groups excluding tert-OH is 1. The third-order valence-corrected chi connectivity index (χ3v) is 3.20. The van der Waals surface area contributed by atoms with Gasteiger partial charge < -0.3 is 20.4 Å². The summed E-state index contributed by atoms with van der Waals surface area (Å²) in [6, 6.07) is 3.48. The van der Waals surface area contributed by atoms with E-state index in [1.807, 2.05) is 0 Å². The fraction of sp³-hybridized carbons (Fsp3) is 0.571. The standard InChI is InChI=1S/C14H23FN2O2/c1-3-17(4-2)6-5-16-14(10-18)11-7-12(15)9-13(19)8-11/h7-9,14,16,18-19H,3-6,10H2,1-2H3. The van der Waals surface area contributed by atoms with Gasteiger partial charge in [0, 0.05) is 19.2 Å². The fourth-order valence-corrected chi connectivity index (χ4v) is 2.02. The Hall–Kier alpha value is -1.17. The summed E-state index contributed by atoms with van der Waals surface area (Å²) in [5.74, 6) is -0.627. The minimum atomic E-state index is -0.501. The number of aliphatic hydroxyl groups is 1. The van der Waals surface area contributed by atoms with Crippen LogP contribution in [0.2, 0.25) is 0 Å². The Bertz CT molecular complexity index is 363. The predicted octanol–water partition coefficient (Wildman–Crippen LogP) is 1.50. The van der Waals surface area contributed by atoms with Gasteiger partial charge in [-0.2, -0.15) is 0 Å². The normalized spacial score (nSPS) is 12.9. The second-order valence-electron chi connectivity index (χ2n) is 4.46. The number of nitrogens with one attached hydrogen (secondary N) is 1. The molecule has 0 amide bonds. The van der Waals surface area contributed by atoms with Gasteiger partial charge >= 0.3 is 0 Å². The van der Waals surface area contributed by atoms with Gasteiger partial charge in [0.1, 0.15) is 11.6 Å². The predicted molar refractivity (Wildman–Crippen MR) is 73.7 cm³/mol. The Morgan fingerprint density at radius 3 is 2.47 bits per heavy atom. The molecule has 0 heterocycles. The third-order valence-electron chi connectivity index (χ3n) is 3.20. The average molecular weight is 270 g/mol. The number of phenols is 1. The summed E-state index contributed by atoms with van der Waals surface area (Å²) in [4.78, 5) is 2.25. The minimum Gasteiger partial charge on any atom is -0.508 e. The van der Waals surface area contributed by atoms with E-state index in [1.54, 1.807) is 0 Å². The zero-order valence-electron chi connectivity index (χ0n) is 11.6. The highest BCUT2D eigenvalue weighted by Crippen LogP contribution is 2.20. The van der Waals surface area contributed by atoms with E-state index in [-0.39, 0.29) is 18.4 Å². The molecular weight excluding hydrogens is 247 g/mol. The van der Waals surface area contributed by atoms with E-state index in [0.717, 1.165) is 25.7 Å². The van der Waals surface area contributed by atoms with Gasteiger partial charge in [0.15, 0.2) is 0 Å². The fourth-order valence-electron chi connectivity index (χ4n) is 2.02. The molecule has 0 aliphatic carbocycles. The molecule has 0 bridgehead atoms. The molecule has 0 saturated carbocycles. The maximum atomic E-state index is 13.2. The molecule has 1 rings (SSSR count). The van der Waals surface area contributed by atoms with Crippen LogP contribution >= 0.6 is 0 Å². The highest BCUT2D eigenvalue weighted by Gasteiger charge is 2.12. The molecule has 0 spiro atoms. The van der Waals surface area contributed by atoms with Crippen LogP contribution in [0.1, 0.15) is 25.5 Å². The van der Waals surface area contributed by atoms with Crippen LogP contribution in [0.25, 0.3) is 0 Å². The average Bonchev–Trinajstić information content (AvgIpc) is 2.38. The number of nitrogens with zero attached hydrogens (tertiary/aromatic N) is 1. The Balaban J connectivity index is 2.58. The van der Waals surface area contributed by atoms with Crippen LogP contribution in [0.4, 0.5) is 4.39 Å². The molecule has 0 saturated heterocycles. The van der Waals surface area contributed by atoms with E-state index in [4.69, 9.17) is 0 Å². The molecule has 1 aromatic carbocycles. The Morgan fingerprint density at radius 1 is 1.26 bits per heavy atom. The van der Waals surface area contributed by atoms with E-state index < -0.39 is 5.82 Å². The SMILES string of the molecule is CCN(CC)CCNC(CO)c1cc(O)cc(F)c1. The van der Waals surface area contributed by atoms with Crippen molar-refractivity contribution < 1.29 is 14.6 Å². The molecule has 5 heteroatoms. The van der Waals surface area contributed by atoms with Gasteiger partial charge in [-0.25, -0.2) is 4.39 Å². The number of phenolic OH excluding ortho intramolecular Hbond substituents is 1. The molecule has 3 N–H and O–H groups in total. The summed E-state index contributed by atoms with van der Waals surface area (Å²) in [6.07, 6.45) is 0. The van der Waals surface area contributed by atoms with Crippen LogP contribution in [-0.2, 0) is 0 Å². The van der Waals surface area contributed by atoms with Gasteiger partial charge in [0.25, 0.3) is 0 Å². The smallest absolute Gasteiger partial charge is 0.127 e. The maximum Gasteiger partial charge on any atom is 0.127 e. The zero-order valence-corrected chi connectivity index (χ0v) is 11.6. The summed E-state index contributed by atoms with van der Waals surface area (Å²) in [5.41, 5.74) is 0.555. The number of hydrogen-bond donors (Lipinski definition) is 3. The summed E-state index contributed by atoms with van der Waals surface area (Å²) in [6.45, 7) is 7.57. The van der Waals surface area contributed by atoms with Gasteiger partial charge in [0.05, 0.1) is 12.6 Å². The first-order valence-corrected chi connectivity index (χ1v) is 6.66. The van der Waals surface area contributed by atoms with Crippen LogP contribution in [0.3, 0.4) is 0 Å². The van der Waals surface area contributed by atoms with Crippen LogP contribution in [0.15, 0.2) is 18.2 Å². The van der Waals surface area contributed by atoms with Crippen molar-refractivity contribution in [2.75, 3.05) is 32.8 Å². The van der Waals surface area contributed by atoms with Crippen LogP contribution < -0.4 is 5.32 Å². The van der Waals surface area contributed by atoms with Crippen LogP contribution in [0, 0.1) is 5.82 Å². The summed E-state index contributed by atoms with van der Waals surface area (Å²) in [5, 5.41) is 21.9. The largest absolute Gasteiger partial charge is 0.508 e. The van der Waals surface area contributed by atoms with E-state index in [1.165, 1.54) is 12.1 Å². The topological polar surface area (TPSA) is 55.7 Å². The first-order chi connectivity index (χ1) is 9.10.